The number of aliphatic carboxylic acids is 2. The third-order valence-corrected chi connectivity index (χ3v) is 5.50. The average Bonchev–Trinajstić information content (AvgIpc) is 2.79. The van der Waals surface area contributed by atoms with Gasteiger partial charge in [0.05, 0.1) is 6.04 Å². The van der Waals surface area contributed by atoms with Crippen LogP contribution in [0.15, 0.2) is 0 Å². The van der Waals surface area contributed by atoms with Gasteiger partial charge in [0, 0.05) is 19.3 Å². The van der Waals surface area contributed by atoms with E-state index >= 15 is 0 Å². The van der Waals surface area contributed by atoms with E-state index in [0.717, 1.165) is 0 Å². The molecule has 36 heavy (non-hydrogen) atoms. The zero-order valence-corrected chi connectivity index (χ0v) is 20.7. The van der Waals surface area contributed by atoms with Crippen molar-refractivity contribution in [3.05, 3.63) is 0 Å². The van der Waals surface area contributed by atoms with Crippen LogP contribution in [0.5, 0.6) is 0 Å². The van der Waals surface area contributed by atoms with Gasteiger partial charge in [0.25, 0.3) is 0 Å². The molecule has 0 aliphatic carbocycles. The molecule has 4 unspecified atom stereocenters. The molecule has 0 aliphatic heterocycles. The van der Waals surface area contributed by atoms with E-state index in [1.807, 2.05) is 0 Å². The number of carbonyl (C=O) groups is 7. The van der Waals surface area contributed by atoms with Gasteiger partial charge in [-0.3, -0.25) is 28.8 Å². The van der Waals surface area contributed by atoms with Gasteiger partial charge >= 0.3 is 11.9 Å². The van der Waals surface area contributed by atoms with Gasteiger partial charge in [-0.2, -0.15) is 11.8 Å². The van der Waals surface area contributed by atoms with Gasteiger partial charge in [0.1, 0.15) is 18.1 Å². The number of primary amides is 2. The van der Waals surface area contributed by atoms with Crippen LogP contribution in [0.25, 0.3) is 0 Å². The zero-order valence-electron chi connectivity index (χ0n) is 19.9. The maximum atomic E-state index is 12.9. The Morgan fingerprint density at radius 3 is 1.61 bits per heavy atom. The molecule has 0 radical (unpaired) electrons. The van der Waals surface area contributed by atoms with E-state index in [1.54, 1.807) is 6.26 Å². The molecule has 0 aliphatic rings. The monoisotopic (exact) mass is 534 g/mol. The third kappa shape index (κ3) is 14.1. The summed E-state index contributed by atoms with van der Waals surface area (Å²) in [5, 5.41) is 25.0. The van der Waals surface area contributed by atoms with Crippen molar-refractivity contribution in [2.75, 3.05) is 12.0 Å². The highest BCUT2D eigenvalue weighted by Gasteiger charge is 2.30. The molecule has 0 heterocycles. The van der Waals surface area contributed by atoms with Crippen molar-refractivity contribution in [2.24, 2.45) is 17.2 Å². The van der Waals surface area contributed by atoms with Crippen molar-refractivity contribution in [2.45, 2.75) is 69.1 Å². The Kier molecular flexibility index (Phi) is 15.5. The van der Waals surface area contributed by atoms with Crippen LogP contribution in [0.3, 0.4) is 0 Å². The average molecular weight is 535 g/mol. The fraction of sp³-hybridized carbons (Fsp3) is 0.650. The number of hydrogen-bond donors (Lipinski definition) is 8. The summed E-state index contributed by atoms with van der Waals surface area (Å²) in [6.45, 7) is 0. The van der Waals surface area contributed by atoms with Crippen LogP contribution >= 0.6 is 11.8 Å². The molecule has 16 heteroatoms. The Bertz CT molecular complexity index is 825. The molecule has 0 saturated heterocycles. The molecular weight excluding hydrogens is 500 g/mol. The van der Waals surface area contributed by atoms with E-state index in [0.29, 0.717) is 5.75 Å². The lowest BCUT2D eigenvalue weighted by Gasteiger charge is -2.25. The van der Waals surface area contributed by atoms with Crippen molar-refractivity contribution in [3.8, 4) is 0 Å². The SMILES string of the molecule is CSCCC(NC(=O)C(N)CCC(N)=O)C(=O)NC(CCC(N)=O)C(=O)NC(CCC(=O)O)C(=O)O. The van der Waals surface area contributed by atoms with Gasteiger partial charge in [-0.15, -0.1) is 0 Å². The molecule has 0 bridgehead atoms. The Morgan fingerprint density at radius 1 is 0.694 bits per heavy atom. The van der Waals surface area contributed by atoms with E-state index in [-0.39, 0.29) is 32.1 Å². The highest BCUT2D eigenvalue weighted by Crippen LogP contribution is 2.07. The Morgan fingerprint density at radius 2 is 1.14 bits per heavy atom. The quantitative estimate of drug-likeness (QED) is 0.0826. The molecule has 0 aromatic carbocycles. The van der Waals surface area contributed by atoms with Gasteiger partial charge in [0.15, 0.2) is 0 Å². The van der Waals surface area contributed by atoms with Crippen LogP contribution in [-0.4, -0.2) is 87.9 Å². The molecule has 0 fully saturated rings. The lowest BCUT2D eigenvalue weighted by molar-refractivity contribution is -0.143. The van der Waals surface area contributed by atoms with Crippen LogP contribution in [0.2, 0.25) is 0 Å². The summed E-state index contributed by atoms with van der Waals surface area (Å²) in [4.78, 5) is 82.4. The molecule has 0 aromatic heterocycles. The van der Waals surface area contributed by atoms with Gasteiger partial charge < -0.3 is 43.4 Å². The predicted octanol–water partition coefficient (Wildman–Crippen LogP) is -3.00. The van der Waals surface area contributed by atoms with Crippen molar-refractivity contribution < 1.29 is 43.8 Å². The van der Waals surface area contributed by atoms with E-state index in [4.69, 9.17) is 22.3 Å². The second-order valence-corrected chi connectivity index (χ2v) is 8.84. The Labute approximate surface area is 211 Å². The van der Waals surface area contributed by atoms with E-state index in [9.17, 15) is 38.7 Å². The maximum Gasteiger partial charge on any atom is 0.326 e. The molecule has 4 atom stereocenters. The fourth-order valence-corrected chi connectivity index (χ4v) is 3.31. The number of nitrogens with one attached hydrogen (secondary N) is 3. The highest BCUT2D eigenvalue weighted by atomic mass is 32.2. The molecule has 5 amide bonds. The summed E-state index contributed by atoms with van der Waals surface area (Å²) in [7, 11) is 0. The largest absolute Gasteiger partial charge is 0.481 e. The first-order valence-electron chi connectivity index (χ1n) is 10.9. The second-order valence-electron chi connectivity index (χ2n) is 7.85. The standard InChI is InChI=1S/C20H34N6O9S/c1-36-9-8-12(24-17(31)10(21)2-5-14(22)27)19(33)25-11(3-6-15(23)28)18(32)26-13(20(34)35)4-7-16(29)30/h10-13H,2-9,21H2,1H3,(H2,22,27)(H2,23,28)(H,24,31)(H,25,33)(H,26,32)(H,29,30)(H,34,35). The van der Waals surface area contributed by atoms with E-state index in [2.05, 4.69) is 16.0 Å². The molecule has 15 nitrogen and oxygen atoms in total. The number of carboxylic acid groups (broad SMARTS) is 2. The first-order chi connectivity index (χ1) is 16.8. The number of nitrogens with two attached hydrogens (primary N) is 3. The molecule has 11 N–H and O–H groups in total. The number of carbonyl (C=O) groups excluding carboxylic acids is 5. The summed E-state index contributed by atoms with van der Waals surface area (Å²) in [5.41, 5.74) is 15.9. The number of thioether (sulfide) groups is 1. The van der Waals surface area contributed by atoms with Gasteiger partial charge in [-0.1, -0.05) is 0 Å². The van der Waals surface area contributed by atoms with Crippen molar-refractivity contribution in [1.29, 1.82) is 0 Å². The number of amides is 5. The molecule has 0 spiro atoms. The van der Waals surface area contributed by atoms with Crippen LogP contribution in [0.4, 0.5) is 0 Å². The predicted molar refractivity (Wildman–Crippen MR) is 128 cm³/mol. The molecule has 204 valence electrons. The molecular formula is C20H34N6O9S. The Hall–Kier alpha value is -3.40. The van der Waals surface area contributed by atoms with E-state index < -0.39 is 78.5 Å². The minimum atomic E-state index is -1.56. The number of rotatable bonds is 19. The molecule has 0 rings (SSSR count). The van der Waals surface area contributed by atoms with Crippen LogP contribution < -0.4 is 33.2 Å². The lowest BCUT2D eigenvalue weighted by atomic mass is 10.1. The molecule has 0 saturated carbocycles. The minimum absolute atomic E-state index is 0.0470. The van der Waals surface area contributed by atoms with E-state index in [1.165, 1.54) is 11.8 Å². The van der Waals surface area contributed by atoms with Crippen LogP contribution in [0.1, 0.15) is 44.9 Å². The normalized spacial score (nSPS) is 13.9. The first-order valence-corrected chi connectivity index (χ1v) is 12.3. The summed E-state index contributed by atoms with van der Waals surface area (Å²) in [6, 6.07) is -5.23. The summed E-state index contributed by atoms with van der Waals surface area (Å²) in [6.07, 6.45) is 0.164. The van der Waals surface area contributed by atoms with Gasteiger partial charge in [-0.05, 0) is 37.7 Å². The van der Waals surface area contributed by atoms with Crippen molar-refractivity contribution in [1.82, 2.24) is 16.0 Å². The van der Waals surface area contributed by atoms with Gasteiger partial charge in [0.2, 0.25) is 29.5 Å². The maximum absolute atomic E-state index is 12.9. The minimum Gasteiger partial charge on any atom is -0.481 e. The lowest BCUT2D eigenvalue weighted by Crippen LogP contribution is -2.57. The zero-order chi connectivity index (χ0) is 27.8. The summed E-state index contributed by atoms with van der Waals surface area (Å²) >= 11 is 1.38. The summed E-state index contributed by atoms with van der Waals surface area (Å²) < 4.78 is 0. The summed E-state index contributed by atoms with van der Waals surface area (Å²) in [5.74, 6) is -6.26. The number of hydrogen-bond acceptors (Lipinski definition) is 9. The van der Waals surface area contributed by atoms with Crippen LogP contribution in [0, 0.1) is 0 Å². The number of carboxylic acids is 2. The third-order valence-electron chi connectivity index (χ3n) is 4.86. The molecule has 0 aromatic rings. The highest BCUT2D eigenvalue weighted by molar-refractivity contribution is 7.98. The Balaban J connectivity index is 5.53. The van der Waals surface area contributed by atoms with Crippen molar-refractivity contribution >= 4 is 53.2 Å². The van der Waals surface area contributed by atoms with Gasteiger partial charge in [-0.25, -0.2) is 4.79 Å². The smallest absolute Gasteiger partial charge is 0.326 e. The van der Waals surface area contributed by atoms with Crippen molar-refractivity contribution in [3.63, 3.8) is 0 Å². The first kappa shape index (κ1) is 32.6. The fourth-order valence-electron chi connectivity index (χ4n) is 2.84. The van der Waals surface area contributed by atoms with Crippen LogP contribution in [-0.2, 0) is 33.6 Å². The topological polar surface area (TPSA) is 274 Å². The second kappa shape index (κ2) is 17.1.